The van der Waals surface area contributed by atoms with Crippen LogP contribution in [0.15, 0.2) is 29.1 Å². The molecule has 0 spiro atoms. The molecule has 1 fully saturated rings. The van der Waals surface area contributed by atoms with E-state index >= 15 is 0 Å². The molecule has 2 aliphatic rings. The van der Waals surface area contributed by atoms with Gasteiger partial charge in [0.1, 0.15) is 0 Å². The molecule has 3 heterocycles. The number of fused-ring (bicyclic) bond motifs is 1. The normalized spacial score (nSPS) is 18.7. The molecule has 0 bridgehead atoms. The van der Waals surface area contributed by atoms with E-state index in [4.69, 9.17) is 14.0 Å². The highest BCUT2D eigenvalue weighted by Gasteiger charge is 2.19. The molecule has 0 amide bonds. The zero-order chi connectivity index (χ0) is 14.8. The molecule has 2 aliphatic heterocycles. The average molecular weight is 302 g/mol. The van der Waals surface area contributed by atoms with Gasteiger partial charge in [0.15, 0.2) is 17.3 Å². The number of hydrogen-bond acceptors (Lipinski definition) is 7. The Hall–Kier alpha value is -2.12. The van der Waals surface area contributed by atoms with Crippen molar-refractivity contribution >= 4 is 0 Å². The van der Waals surface area contributed by atoms with Gasteiger partial charge in [-0.3, -0.25) is 9.80 Å². The van der Waals surface area contributed by atoms with E-state index in [-0.39, 0.29) is 0 Å². The molecule has 0 atom stereocenters. The first-order chi connectivity index (χ1) is 10.9. The molecule has 22 heavy (non-hydrogen) atoms. The smallest absolute Gasteiger partial charge is 0.231 e. The maximum absolute atomic E-state index is 5.43. The molecule has 7 heteroatoms. The molecule has 0 aliphatic carbocycles. The van der Waals surface area contributed by atoms with E-state index in [1.807, 2.05) is 6.07 Å². The Morgan fingerprint density at radius 3 is 2.50 bits per heavy atom. The van der Waals surface area contributed by atoms with Crippen molar-refractivity contribution in [1.82, 2.24) is 19.9 Å². The van der Waals surface area contributed by atoms with E-state index in [0.29, 0.717) is 6.79 Å². The summed E-state index contributed by atoms with van der Waals surface area (Å²) in [5, 5.41) is 3.86. The summed E-state index contributed by atoms with van der Waals surface area (Å²) in [7, 11) is 0. The highest BCUT2D eigenvalue weighted by Crippen LogP contribution is 2.32. The summed E-state index contributed by atoms with van der Waals surface area (Å²) in [5.41, 5.74) is 1.26. The Morgan fingerprint density at radius 1 is 0.955 bits per heavy atom. The van der Waals surface area contributed by atoms with Crippen molar-refractivity contribution in [2.75, 3.05) is 33.0 Å². The number of benzene rings is 1. The van der Waals surface area contributed by atoms with Gasteiger partial charge < -0.3 is 14.0 Å². The summed E-state index contributed by atoms with van der Waals surface area (Å²) in [6.45, 7) is 6.12. The summed E-state index contributed by atoms with van der Waals surface area (Å²) in [5.74, 6) is 2.45. The second-order valence-corrected chi connectivity index (χ2v) is 5.59. The van der Waals surface area contributed by atoms with E-state index in [1.54, 1.807) is 0 Å². The van der Waals surface area contributed by atoms with Gasteiger partial charge in [0.2, 0.25) is 13.2 Å². The molecule has 1 saturated heterocycles. The Labute approximate surface area is 128 Å². The monoisotopic (exact) mass is 302 g/mol. The van der Waals surface area contributed by atoms with Crippen LogP contribution in [0.25, 0.3) is 0 Å². The van der Waals surface area contributed by atoms with Crippen LogP contribution < -0.4 is 9.47 Å². The number of hydrogen-bond donors (Lipinski definition) is 0. The number of ether oxygens (including phenoxy) is 2. The van der Waals surface area contributed by atoms with Crippen LogP contribution in [0.5, 0.6) is 11.5 Å². The van der Waals surface area contributed by atoms with Gasteiger partial charge in [0, 0.05) is 32.7 Å². The summed E-state index contributed by atoms with van der Waals surface area (Å²) < 4.78 is 15.6. The van der Waals surface area contributed by atoms with Crippen molar-refractivity contribution in [3.8, 4) is 11.5 Å². The number of piperazine rings is 1. The standard InChI is InChI=1S/C15H18N4O3/c1-2-13-14(21-11-20-13)7-12(1)8-18-3-5-19(6-4-18)9-15-16-10-22-17-15/h1-2,7,10H,3-6,8-9,11H2. The number of aromatic nitrogens is 2. The van der Waals surface area contributed by atoms with E-state index in [9.17, 15) is 0 Å². The van der Waals surface area contributed by atoms with Crippen LogP contribution in [0.3, 0.4) is 0 Å². The fraction of sp³-hybridized carbons (Fsp3) is 0.467. The zero-order valence-corrected chi connectivity index (χ0v) is 12.3. The lowest BCUT2D eigenvalue weighted by Gasteiger charge is -2.34. The first-order valence-corrected chi connectivity index (χ1v) is 7.45. The van der Waals surface area contributed by atoms with Gasteiger partial charge >= 0.3 is 0 Å². The van der Waals surface area contributed by atoms with Crippen LogP contribution in [-0.2, 0) is 13.1 Å². The predicted octanol–water partition coefficient (Wildman–Crippen LogP) is 1.12. The molecule has 1 aromatic carbocycles. The number of rotatable bonds is 4. The Morgan fingerprint density at radius 2 is 1.73 bits per heavy atom. The van der Waals surface area contributed by atoms with Gasteiger partial charge in [0.05, 0.1) is 6.54 Å². The van der Waals surface area contributed by atoms with Gasteiger partial charge in [-0.2, -0.15) is 4.98 Å². The van der Waals surface area contributed by atoms with Crippen molar-refractivity contribution < 1.29 is 14.0 Å². The van der Waals surface area contributed by atoms with E-state index in [0.717, 1.165) is 56.6 Å². The molecule has 0 radical (unpaired) electrons. The highest BCUT2D eigenvalue weighted by molar-refractivity contribution is 5.44. The molecule has 7 nitrogen and oxygen atoms in total. The molecule has 0 N–H and O–H groups in total. The molecule has 2 aromatic rings. The third kappa shape index (κ3) is 2.90. The van der Waals surface area contributed by atoms with Crippen molar-refractivity contribution in [2.45, 2.75) is 13.1 Å². The van der Waals surface area contributed by atoms with E-state index in [1.165, 1.54) is 12.0 Å². The predicted molar refractivity (Wildman–Crippen MR) is 77.4 cm³/mol. The number of nitrogens with zero attached hydrogens (tertiary/aromatic N) is 4. The van der Waals surface area contributed by atoms with Crippen molar-refractivity contribution in [1.29, 1.82) is 0 Å². The second kappa shape index (κ2) is 5.94. The Balaban J connectivity index is 1.30. The Kier molecular flexibility index (Phi) is 3.65. The van der Waals surface area contributed by atoms with Crippen LogP contribution in [-0.4, -0.2) is 52.9 Å². The zero-order valence-electron chi connectivity index (χ0n) is 12.3. The van der Waals surface area contributed by atoms with Crippen molar-refractivity contribution in [3.63, 3.8) is 0 Å². The molecule has 116 valence electrons. The lowest BCUT2D eigenvalue weighted by molar-refractivity contribution is 0.119. The summed E-state index contributed by atoms with van der Waals surface area (Å²) >= 11 is 0. The van der Waals surface area contributed by atoms with Gasteiger partial charge in [-0.05, 0) is 17.7 Å². The third-order valence-corrected chi connectivity index (χ3v) is 4.08. The SMILES string of the molecule is c1nc(CN2CCN(Cc3ccc4c(c3)OCO4)CC2)no1. The molecule has 0 saturated carbocycles. The van der Waals surface area contributed by atoms with Crippen LogP contribution in [0.4, 0.5) is 0 Å². The van der Waals surface area contributed by atoms with Crippen LogP contribution in [0.1, 0.15) is 11.4 Å². The minimum absolute atomic E-state index is 0.327. The lowest BCUT2D eigenvalue weighted by Crippen LogP contribution is -2.45. The first kappa shape index (κ1) is 13.5. The Bertz CT molecular complexity index is 624. The van der Waals surface area contributed by atoms with Crippen molar-refractivity contribution in [2.24, 2.45) is 0 Å². The average Bonchev–Trinajstić information content (AvgIpc) is 3.20. The minimum atomic E-state index is 0.327. The van der Waals surface area contributed by atoms with E-state index in [2.05, 4.69) is 32.1 Å². The largest absolute Gasteiger partial charge is 0.454 e. The van der Waals surface area contributed by atoms with Crippen LogP contribution in [0, 0.1) is 0 Å². The fourth-order valence-corrected chi connectivity index (χ4v) is 2.87. The van der Waals surface area contributed by atoms with Gasteiger partial charge in [-0.15, -0.1) is 0 Å². The van der Waals surface area contributed by atoms with Gasteiger partial charge in [-0.1, -0.05) is 11.2 Å². The topological polar surface area (TPSA) is 63.9 Å². The maximum atomic E-state index is 5.43. The summed E-state index contributed by atoms with van der Waals surface area (Å²) in [6.07, 6.45) is 1.38. The van der Waals surface area contributed by atoms with Gasteiger partial charge in [0.25, 0.3) is 0 Å². The van der Waals surface area contributed by atoms with Gasteiger partial charge in [-0.25, -0.2) is 0 Å². The maximum Gasteiger partial charge on any atom is 0.231 e. The van der Waals surface area contributed by atoms with Crippen LogP contribution in [0.2, 0.25) is 0 Å². The first-order valence-electron chi connectivity index (χ1n) is 7.45. The fourth-order valence-electron chi connectivity index (χ4n) is 2.87. The summed E-state index contributed by atoms with van der Waals surface area (Å²) in [4.78, 5) is 8.87. The lowest BCUT2D eigenvalue weighted by atomic mass is 10.1. The van der Waals surface area contributed by atoms with Crippen molar-refractivity contribution in [3.05, 3.63) is 36.0 Å². The second-order valence-electron chi connectivity index (χ2n) is 5.59. The molecular formula is C15H18N4O3. The quantitative estimate of drug-likeness (QED) is 0.838. The third-order valence-electron chi connectivity index (χ3n) is 4.08. The highest BCUT2D eigenvalue weighted by atomic mass is 16.7. The van der Waals surface area contributed by atoms with Crippen LogP contribution >= 0.6 is 0 Å². The molecule has 0 unspecified atom stereocenters. The molecule has 4 rings (SSSR count). The molecule has 1 aromatic heterocycles. The van der Waals surface area contributed by atoms with E-state index < -0.39 is 0 Å². The summed E-state index contributed by atoms with van der Waals surface area (Å²) in [6, 6.07) is 6.18. The minimum Gasteiger partial charge on any atom is -0.454 e. The molecular weight excluding hydrogens is 284 g/mol.